The quantitative estimate of drug-likeness (QED) is 0.627. The molecule has 0 spiro atoms. The maximum absolute atomic E-state index is 11.9. The number of β-lactam (4-membered cyclic amide) rings is 1. The van der Waals surface area contributed by atoms with Crippen LogP contribution in [0.4, 0.5) is 0 Å². The average molecular weight is 299 g/mol. The molecule has 1 aliphatic heterocycles. The summed E-state index contributed by atoms with van der Waals surface area (Å²) >= 11 is 0. The summed E-state index contributed by atoms with van der Waals surface area (Å²) in [4.78, 5) is 23.4. The highest BCUT2D eigenvalue weighted by Gasteiger charge is 2.49. The third kappa shape index (κ3) is 3.31. The van der Waals surface area contributed by atoms with Crippen LogP contribution in [-0.4, -0.2) is 32.2 Å². The summed E-state index contributed by atoms with van der Waals surface area (Å²) < 4.78 is 6.30. The minimum absolute atomic E-state index is 0.00862. The van der Waals surface area contributed by atoms with E-state index >= 15 is 0 Å². The highest BCUT2D eigenvalue weighted by Crippen LogP contribution is 2.39. The number of rotatable bonds is 5. The fourth-order valence-electron chi connectivity index (χ4n) is 2.33. The van der Waals surface area contributed by atoms with Gasteiger partial charge in [0.15, 0.2) is 8.32 Å². The van der Waals surface area contributed by atoms with Gasteiger partial charge in [-0.2, -0.15) is 0 Å². The second-order valence-corrected chi connectivity index (χ2v) is 12.3. The van der Waals surface area contributed by atoms with Crippen molar-refractivity contribution in [2.75, 3.05) is 0 Å². The van der Waals surface area contributed by atoms with E-state index in [1.807, 2.05) is 13.8 Å². The normalized spacial score (nSPS) is 26.5. The fourth-order valence-corrected chi connectivity index (χ4v) is 3.76. The lowest BCUT2D eigenvalue weighted by molar-refractivity contribution is -0.143. The molecule has 116 valence electrons. The van der Waals surface area contributed by atoms with Crippen LogP contribution in [0.3, 0.4) is 0 Å². The molecule has 1 N–H and O–H groups in total. The molecule has 0 radical (unpaired) electrons. The Balaban J connectivity index is 2.78. The van der Waals surface area contributed by atoms with Gasteiger partial charge >= 0.3 is 0 Å². The van der Waals surface area contributed by atoms with Crippen molar-refractivity contribution in [1.82, 2.24) is 5.32 Å². The van der Waals surface area contributed by atoms with Crippen LogP contribution in [0.25, 0.3) is 0 Å². The van der Waals surface area contributed by atoms with Gasteiger partial charge in [-0.15, -0.1) is 0 Å². The van der Waals surface area contributed by atoms with Crippen molar-refractivity contribution in [3.8, 4) is 0 Å². The van der Waals surface area contributed by atoms with Crippen molar-refractivity contribution in [2.45, 2.75) is 71.8 Å². The monoisotopic (exact) mass is 299 g/mol. The molecule has 4 nitrogen and oxygen atoms in total. The van der Waals surface area contributed by atoms with Crippen LogP contribution in [-0.2, 0) is 14.0 Å². The minimum atomic E-state index is -1.90. The Kier molecular flexibility index (Phi) is 4.86. The fraction of sp³-hybridized carbons (Fsp3) is 0.867. The number of carbonyl (C=O) groups is 2. The first-order chi connectivity index (χ1) is 8.88. The summed E-state index contributed by atoms with van der Waals surface area (Å²) in [5.41, 5.74) is 0. The van der Waals surface area contributed by atoms with E-state index in [1.54, 1.807) is 6.92 Å². The molecule has 1 unspecified atom stereocenters. The van der Waals surface area contributed by atoms with Gasteiger partial charge in [-0.25, -0.2) is 0 Å². The third-order valence-electron chi connectivity index (χ3n) is 4.97. The summed E-state index contributed by atoms with van der Waals surface area (Å²) in [6.07, 6.45) is -0.142. The molecule has 0 aromatic heterocycles. The zero-order valence-corrected chi connectivity index (χ0v) is 15.0. The van der Waals surface area contributed by atoms with E-state index in [2.05, 4.69) is 39.2 Å². The van der Waals surface area contributed by atoms with E-state index < -0.39 is 8.32 Å². The Morgan fingerprint density at radius 1 is 1.30 bits per heavy atom. The average Bonchev–Trinajstić information content (AvgIpc) is 2.21. The molecule has 0 saturated carbocycles. The number of Topliss-reactive ketones (excluding diaryl/α,β-unsaturated/α-hetero) is 1. The summed E-state index contributed by atoms with van der Waals surface area (Å²) in [6.45, 7) is 16.3. The van der Waals surface area contributed by atoms with Gasteiger partial charge in [-0.05, 0) is 32.0 Å². The largest absolute Gasteiger partial charge is 0.413 e. The number of hydrogen-bond donors (Lipinski definition) is 1. The van der Waals surface area contributed by atoms with Crippen LogP contribution < -0.4 is 5.32 Å². The van der Waals surface area contributed by atoms with Crippen LogP contribution in [0.2, 0.25) is 18.1 Å². The van der Waals surface area contributed by atoms with Crippen LogP contribution in [0, 0.1) is 11.8 Å². The third-order valence-corrected chi connectivity index (χ3v) is 9.54. The lowest BCUT2D eigenvalue weighted by Crippen LogP contribution is -2.66. The van der Waals surface area contributed by atoms with Gasteiger partial charge in [0.05, 0.1) is 18.1 Å². The molecule has 0 aromatic carbocycles. The molecule has 4 atom stereocenters. The molecule has 1 aliphatic rings. The highest BCUT2D eigenvalue weighted by atomic mass is 28.4. The topological polar surface area (TPSA) is 55.4 Å². The van der Waals surface area contributed by atoms with Crippen molar-refractivity contribution < 1.29 is 14.0 Å². The number of hydrogen-bond acceptors (Lipinski definition) is 3. The first-order valence-electron chi connectivity index (χ1n) is 7.37. The van der Waals surface area contributed by atoms with Crippen molar-refractivity contribution in [1.29, 1.82) is 0 Å². The standard InChI is InChI=1S/C15H29NO3Si/c1-9(10(2)17)13-12(14(18)16-13)11(3)19-20(7,8)15(4,5)6/h9,11-13H,1-8H3,(H,16,18)/t9?,11-,12-,13+/m1/s1. The van der Waals surface area contributed by atoms with Gasteiger partial charge in [0.25, 0.3) is 0 Å². The predicted octanol–water partition coefficient (Wildman–Crippen LogP) is 2.74. The van der Waals surface area contributed by atoms with E-state index in [1.165, 1.54) is 0 Å². The van der Waals surface area contributed by atoms with Gasteiger partial charge in [0, 0.05) is 5.92 Å². The van der Waals surface area contributed by atoms with Crippen molar-refractivity contribution in [3.05, 3.63) is 0 Å². The van der Waals surface area contributed by atoms with Crippen LogP contribution in [0.15, 0.2) is 0 Å². The minimum Gasteiger partial charge on any atom is -0.413 e. The van der Waals surface area contributed by atoms with Gasteiger partial charge in [-0.1, -0.05) is 27.7 Å². The van der Waals surface area contributed by atoms with Crippen molar-refractivity contribution >= 4 is 20.0 Å². The smallest absolute Gasteiger partial charge is 0.228 e. The van der Waals surface area contributed by atoms with Gasteiger partial charge < -0.3 is 9.74 Å². The number of ketones is 1. The van der Waals surface area contributed by atoms with E-state index in [-0.39, 0.29) is 40.7 Å². The zero-order valence-electron chi connectivity index (χ0n) is 14.0. The highest BCUT2D eigenvalue weighted by molar-refractivity contribution is 6.74. The molecule has 1 amide bonds. The van der Waals surface area contributed by atoms with Crippen LogP contribution in [0.1, 0.15) is 41.5 Å². The van der Waals surface area contributed by atoms with Crippen molar-refractivity contribution in [3.63, 3.8) is 0 Å². The van der Waals surface area contributed by atoms with E-state index in [9.17, 15) is 9.59 Å². The molecule has 5 heteroatoms. The maximum Gasteiger partial charge on any atom is 0.228 e. The summed E-state index contributed by atoms with van der Waals surface area (Å²) in [6, 6.07) is -0.0835. The van der Waals surface area contributed by atoms with E-state index in [0.717, 1.165) is 0 Å². The van der Waals surface area contributed by atoms with Gasteiger partial charge in [0.1, 0.15) is 5.78 Å². The Morgan fingerprint density at radius 2 is 1.80 bits per heavy atom. The molecule has 20 heavy (non-hydrogen) atoms. The van der Waals surface area contributed by atoms with E-state index in [4.69, 9.17) is 4.43 Å². The number of amides is 1. The molecule has 1 saturated heterocycles. The van der Waals surface area contributed by atoms with Gasteiger partial charge in [-0.3, -0.25) is 9.59 Å². The Labute approximate surface area is 123 Å². The lowest BCUT2D eigenvalue weighted by Gasteiger charge is -2.46. The second-order valence-electron chi connectivity index (χ2n) is 7.54. The summed E-state index contributed by atoms with van der Waals surface area (Å²) in [5, 5.41) is 2.97. The van der Waals surface area contributed by atoms with E-state index in [0.29, 0.717) is 0 Å². The summed E-state index contributed by atoms with van der Waals surface area (Å²) in [5.74, 6) is -0.236. The maximum atomic E-state index is 11.9. The first-order valence-corrected chi connectivity index (χ1v) is 10.3. The van der Waals surface area contributed by atoms with Crippen molar-refractivity contribution in [2.24, 2.45) is 11.8 Å². The molecular formula is C15H29NO3Si. The molecular weight excluding hydrogens is 270 g/mol. The number of carbonyl (C=O) groups excluding carboxylic acids is 2. The Bertz CT molecular complexity index is 400. The zero-order chi connectivity index (χ0) is 15.9. The SMILES string of the molecule is CC(=O)C(C)[C@@H]1NC(=O)[C@@H]1[C@@H](C)O[Si](C)(C)C(C)(C)C. The first kappa shape index (κ1) is 17.4. The molecule has 1 heterocycles. The van der Waals surface area contributed by atoms with Gasteiger partial charge in [0.2, 0.25) is 5.91 Å². The Morgan fingerprint density at radius 3 is 2.15 bits per heavy atom. The predicted molar refractivity (Wildman–Crippen MR) is 83.0 cm³/mol. The summed E-state index contributed by atoms with van der Waals surface area (Å²) in [7, 11) is -1.90. The van der Waals surface area contributed by atoms with Crippen LogP contribution >= 0.6 is 0 Å². The van der Waals surface area contributed by atoms with Crippen LogP contribution in [0.5, 0.6) is 0 Å². The molecule has 0 aromatic rings. The molecule has 0 aliphatic carbocycles. The molecule has 1 fully saturated rings. The molecule has 1 rings (SSSR count). The second kappa shape index (κ2) is 5.60. The Hall–Kier alpha value is -0.683. The lowest BCUT2D eigenvalue weighted by atomic mass is 9.77. The number of nitrogens with one attached hydrogen (secondary N) is 1. The molecule has 0 bridgehead atoms.